The van der Waals surface area contributed by atoms with Crippen LogP contribution in [-0.2, 0) is 34.3 Å². The van der Waals surface area contributed by atoms with Crippen molar-refractivity contribution in [3.05, 3.63) is 88.2 Å². The largest absolute Gasteiger partial charge is 0.320 e. The third-order valence-corrected chi connectivity index (χ3v) is 10.8. The first-order chi connectivity index (χ1) is 21.2. The number of nitrogens with one attached hydrogen (secondary N) is 1. The summed E-state index contributed by atoms with van der Waals surface area (Å²) in [5, 5.41) is 11.3. The summed E-state index contributed by atoms with van der Waals surface area (Å²) in [5.74, 6) is -0.800. The number of carbonyl (C=O) groups is 1. The van der Waals surface area contributed by atoms with Crippen LogP contribution in [0.5, 0.6) is 0 Å². The minimum Gasteiger partial charge on any atom is -0.320 e. The van der Waals surface area contributed by atoms with Crippen LogP contribution >= 0.6 is 0 Å². The van der Waals surface area contributed by atoms with Crippen molar-refractivity contribution in [2.75, 3.05) is 20.1 Å². The summed E-state index contributed by atoms with van der Waals surface area (Å²) in [6.07, 6.45) is 2.78. The average Bonchev–Trinajstić information content (AvgIpc) is 3.40. The van der Waals surface area contributed by atoms with E-state index >= 15 is 4.39 Å². The zero-order valence-electron chi connectivity index (χ0n) is 26.0. The van der Waals surface area contributed by atoms with E-state index in [0.29, 0.717) is 48.3 Å². The van der Waals surface area contributed by atoms with Crippen LogP contribution < -0.4 is 5.32 Å². The molecule has 1 N–H and O–H groups in total. The van der Waals surface area contributed by atoms with Crippen LogP contribution in [0.1, 0.15) is 73.3 Å². The molecule has 8 nitrogen and oxygen atoms in total. The van der Waals surface area contributed by atoms with Crippen LogP contribution in [0.2, 0.25) is 0 Å². The van der Waals surface area contributed by atoms with Crippen LogP contribution in [0, 0.1) is 18.7 Å². The smallest absolute Gasteiger partial charge is 0.243 e. The molecule has 0 aliphatic carbocycles. The normalized spacial score (nSPS) is 17.3. The van der Waals surface area contributed by atoms with Gasteiger partial charge in [0.1, 0.15) is 11.3 Å². The summed E-state index contributed by atoms with van der Waals surface area (Å²) in [6.45, 7) is 7.88. The summed E-state index contributed by atoms with van der Waals surface area (Å²) < 4.78 is 47.2. The lowest BCUT2D eigenvalue weighted by molar-refractivity contribution is -0.119. The minimum atomic E-state index is -3.73. The molecule has 2 atom stereocenters. The van der Waals surface area contributed by atoms with Gasteiger partial charge in [0.2, 0.25) is 10.0 Å². The molecule has 10 heteroatoms. The van der Waals surface area contributed by atoms with Gasteiger partial charge in [0, 0.05) is 38.4 Å². The van der Waals surface area contributed by atoms with Crippen molar-refractivity contribution in [3.8, 4) is 0 Å². The highest BCUT2D eigenvalue weighted by atomic mass is 32.2. The van der Waals surface area contributed by atoms with Crippen LogP contribution in [0.25, 0.3) is 11.0 Å². The number of carbonyl (C=O) groups excluding carboxylic acids is 1. The van der Waals surface area contributed by atoms with E-state index in [0.717, 1.165) is 35.2 Å². The fourth-order valence-corrected chi connectivity index (χ4v) is 7.97. The number of halogens is 1. The predicted octanol–water partition coefficient (Wildman–Crippen LogP) is 5.76. The quantitative estimate of drug-likeness (QED) is 0.203. The van der Waals surface area contributed by atoms with Gasteiger partial charge in [-0.3, -0.25) is 4.79 Å². The van der Waals surface area contributed by atoms with E-state index < -0.39 is 21.8 Å². The topological polar surface area (TPSA) is 97.2 Å². The molecule has 1 aliphatic rings. The molecule has 4 aromatic rings. The van der Waals surface area contributed by atoms with E-state index in [4.69, 9.17) is 0 Å². The molecule has 234 valence electrons. The molecule has 0 fully saturated rings. The predicted molar refractivity (Wildman–Crippen MR) is 170 cm³/mol. The fourth-order valence-electron chi connectivity index (χ4n) is 6.24. The number of hydrogen-bond acceptors (Lipinski definition) is 6. The first-order valence-corrected chi connectivity index (χ1v) is 17.0. The molecule has 5 rings (SSSR count). The molecule has 44 heavy (non-hydrogen) atoms. The van der Waals surface area contributed by atoms with Crippen molar-refractivity contribution in [1.29, 1.82) is 0 Å². The van der Waals surface area contributed by atoms with Crippen molar-refractivity contribution >= 4 is 26.8 Å². The molecule has 0 saturated carbocycles. The molecule has 3 aromatic carbocycles. The third-order valence-electron chi connectivity index (χ3n) is 8.91. The van der Waals surface area contributed by atoms with Gasteiger partial charge in [-0.1, -0.05) is 61.0 Å². The summed E-state index contributed by atoms with van der Waals surface area (Å²) in [4.78, 5) is 13.6. The van der Waals surface area contributed by atoms with Gasteiger partial charge >= 0.3 is 0 Å². The molecule has 1 aromatic heterocycles. The minimum absolute atomic E-state index is 0.0431. The van der Waals surface area contributed by atoms with Crippen molar-refractivity contribution in [2.45, 2.75) is 76.8 Å². The van der Waals surface area contributed by atoms with Gasteiger partial charge in [0.25, 0.3) is 0 Å². The van der Waals surface area contributed by atoms with Gasteiger partial charge in [-0.05, 0) is 86.1 Å². The van der Waals surface area contributed by atoms with E-state index in [2.05, 4.69) is 22.6 Å². The van der Waals surface area contributed by atoms with Crippen molar-refractivity contribution in [2.24, 2.45) is 5.92 Å². The molecule has 0 amide bonds. The number of aryl methyl sites for hydroxylation is 2. The molecule has 2 heterocycles. The number of hydrogen-bond donors (Lipinski definition) is 1. The SMILES string of the molecule is CC[C@H]1Cc2ccccc2S(=O)(=O)N(Cc2cc([C@H](CC(=O)CCCNC)c3ccc4c(nnn4CC)c3F)ccc2C)C1. The first-order valence-electron chi connectivity index (χ1n) is 15.5. The zero-order valence-corrected chi connectivity index (χ0v) is 26.8. The number of rotatable bonds is 12. The number of fused-ring (bicyclic) bond motifs is 2. The van der Waals surface area contributed by atoms with E-state index in [1.54, 1.807) is 27.2 Å². The van der Waals surface area contributed by atoms with Crippen molar-refractivity contribution in [1.82, 2.24) is 24.6 Å². The Morgan fingerprint density at radius 1 is 1.14 bits per heavy atom. The number of sulfonamides is 1. The second-order valence-electron chi connectivity index (χ2n) is 11.8. The Bertz CT molecular complexity index is 1750. The Morgan fingerprint density at radius 3 is 2.68 bits per heavy atom. The van der Waals surface area contributed by atoms with Crippen LogP contribution in [0.15, 0.2) is 59.5 Å². The number of Topliss-reactive ketones (excluding diaryl/α,β-unsaturated/α-hetero) is 1. The van der Waals surface area contributed by atoms with E-state index in [1.165, 1.54) is 0 Å². The maximum atomic E-state index is 16.1. The van der Waals surface area contributed by atoms with Gasteiger partial charge in [-0.2, -0.15) is 4.31 Å². The lowest BCUT2D eigenvalue weighted by atomic mass is 9.84. The lowest BCUT2D eigenvalue weighted by Gasteiger charge is -2.25. The number of benzene rings is 3. The Labute approximate surface area is 259 Å². The second-order valence-corrected chi connectivity index (χ2v) is 13.7. The van der Waals surface area contributed by atoms with Gasteiger partial charge < -0.3 is 5.32 Å². The number of aromatic nitrogens is 3. The Balaban J connectivity index is 1.54. The molecule has 1 aliphatic heterocycles. The van der Waals surface area contributed by atoms with E-state index in [1.807, 2.05) is 57.3 Å². The standard InChI is InChI=1S/C34H42FN5O3S/c1-5-24-18-26-10-7-8-12-32(26)44(42,43)39(21-24)22-27-19-25(14-13-23(27)3)30(20-28(41)11-9-17-36-4)29-15-16-31-34(33(29)35)37-38-40(31)6-2/h7-8,10,12-16,19,24,30,36H,5-6,9,11,17-18,20-22H2,1-4H3/t24-,30-/m0/s1. The summed E-state index contributed by atoms with van der Waals surface area (Å²) in [7, 11) is -1.88. The molecule has 0 unspecified atom stereocenters. The highest BCUT2D eigenvalue weighted by molar-refractivity contribution is 7.89. The van der Waals surface area contributed by atoms with Crippen LogP contribution in [0.4, 0.5) is 4.39 Å². The Hall–Kier alpha value is -3.47. The third kappa shape index (κ3) is 6.48. The monoisotopic (exact) mass is 619 g/mol. The molecule has 0 spiro atoms. The van der Waals surface area contributed by atoms with Gasteiger partial charge in [0.15, 0.2) is 5.82 Å². The summed E-state index contributed by atoms with van der Waals surface area (Å²) >= 11 is 0. The highest BCUT2D eigenvalue weighted by Crippen LogP contribution is 2.36. The van der Waals surface area contributed by atoms with Gasteiger partial charge in [-0.25, -0.2) is 17.5 Å². The molecule has 0 radical (unpaired) electrons. The van der Waals surface area contributed by atoms with Gasteiger partial charge in [-0.15, -0.1) is 5.10 Å². The number of nitrogens with zero attached hydrogens (tertiary/aromatic N) is 4. The van der Waals surface area contributed by atoms with Crippen molar-refractivity contribution < 1.29 is 17.6 Å². The van der Waals surface area contributed by atoms with Crippen LogP contribution in [-0.4, -0.2) is 53.6 Å². The molecule has 0 bridgehead atoms. The Kier molecular flexibility index (Phi) is 9.92. The number of ketones is 1. The van der Waals surface area contributed by atoms with Gasteiger partial charge in [0.05, 0.1) is 10.4 Å². The molecule has 0 saturated heterocycles. The zero-order chi connectivity index (χ0) is 31.4. The fraction of sp³-hybridized carbons (Fsp3) is 0.441. The van der Waals surface area contributed by atoms with Crippen LogP contribution in [0.3, 0.4) is 0 Å². The first kappa shape index (κ1) is 31.9. The second kappa shape index (κ2) is 13.7. The van der Waals surface area contributed by atoms with E-state index in [9.17, 15) is 13.2 Å². The average molecular weight is 620 g/mol. The molecular weight excluding hydrogens is 577 g/mol. The molecular formula is C34H42FN5O3S. The Morgan fingerprint density at radius 2 is 1.93 bits per heavy atom. The van der Waals surface area contributed by atoms with Crippen molar-refractivity contribution in [3.63, 3.8) is 0 Å². The maximum absolute atomic E-state index is 16.1. The summed E-state index contributed by atoms with van der Waals surface area (Å²) in [5.41, 5.74) is 4.59. The maximum Gasteiger partial charge on any atom is 0.243 e. The highest BCUT2D eigenvalue weighted by Gasteiger charge is 2.33. The van der Waals surface area contributed by atoms with E-state index in [-0.39, 0.29) is 30.2 Å². The lowest BCUT2D eigenvalue weighted by Crippen LogP contribution is -2.33. The summed E-state index contributed by atoms with van der Waals surface area (Å²) in [6, 6.07) is 16.7.